The zero-order valence-corrected chi connectivity index (χ0v) is 19.0. The molecule has 3 aromatic rings. The lowest BCUT2D eigenvalue weighted by atomic mass is 9.90. The molecule has 0 aliphatic carbocycles. The maximum Gasteiger partial charge on any atom is 0.121 e. The molecular weight excluding hydrogens is 378 g/mol. The second-order valence-electron chi connectivity index (χ2n) is 8.64. The van der Waals surface area contributed by atoms with Gasteiger partial charge in [-0.3, -0.25) is 0 Å². The van der Waals surface area contributed by atoms with E-state index in [-0.39, 0.29) is 0 Å². The molecule has 0 aromatic heterocycles. The molecule has 1 heterocycles. The molecule has 0 spiro atoms. The van der Waals surface area contributed by atoms with E-state index in [1.165, 1.54) is 63.3 Å². The fourth-order valence-corrected chi connectivity index (χ4v) is 7.44. The predicted octanol–water partition coefficient (Wildman–Crippen LogP) is 5.03. The van der Waals surface area contributed by atoms with Gasteiger partial charge in [-0.1, -0.05) is 114 Å². The molecule has 3 aromatic carbocycles. The monoisotopic (exact) mass is 412 g/mol. The van der Waals surface area contributed by atoms with E-state index in [9.17, 15) is 0 Å². The van der Waals surface area contributed by atoms with Crippen molar-refractivity contribution in [2.24, 2.45) is 5.92 Å². The minimum atomic E-state index is -0.664. The van der Waals surface area contributed by atoms with Crippen LogP contribution in [0.5, 0.6) is 0 Å². The number of benzene rings is 3. The van der Waals surface area contributed by atoms with Crippen LogP contribution in [-0.2, 0) is 6.42 Å². The lowest BCUT2D eigenvalue weighted by molar-refractivity contribution is 0.182. The van der Waals surface area contributed by atoms with Gasteiger partial charge in [0.2, 0.25) is 0 Å². The van der Waals surface area contributed by atoms with Crippen LogP contribution in [-0.4, -0.2) is 33.3 Å². The van der Waals surface area contributed by atoms with Crippen LogP contribution < -0.4 is 10.4 Å². The van der Waals surface area contributed by atoms with Crippen molar-refractivity contribution in [2.75, 3.05) is 19.6 Å². The van der Waals surface area contributed by atoms with Crippen LogP contribution in [0.25, 0.3) is 0 Å². The van der Waals surface area contributed by atoms with E-state index in [1.54, 1.807) is 10.4 Å². The molecular formula is C28H34NSi. The van der Waals surface area contributed by atoms with Crippen molar-refractivity contribution >= 4 is 19.2 Å². The van der Waals surface area contributed by atoms with Gasteiger partial charge < -0.3 is 4.90 Å². The predicted molar refractivity (Wildman–Crippen MR) is 131 cm³/mol. The molecule has 1 nitrogen and oxygen atoms in total. The largest absolute Gasteiger partial charge is 0.303 e. The summed E-state index contributed by atoms with van der Waals surface area (Å²) in [6, 6.07) is 34.8. The average molecular weight is 413 g/mol. The van der Waals surface area contributed by atoms with Gasteiger partial charge in [-0.15, -0.1) is 0 Å². The Morgan fingerprint density at radius 3 is 1.77 bits per heavy atom. The van der Waals surface area contributed by atoms with E-state index >= 15 is 0 Å². The number of hydrogen-bond donors (Lipinski definition) is 0. The van der Waals surface area contributed by atoms with E-state index in [2.05, 4.69) is 95.9 Å². The third-order valence-electron chi connectivity index (χ3n) is 6.47. The SMILES string of the molecule is c1ccc(CC2CCN(CCCC[Si](c3ccccc3)c3ccccc3)CC2)cc1. The fourth-order valence-electron chi connectivity index (χ4n) is 4.73. The second-order valence-corrected chi connectivity index (χ2v) is 11.3. The first-order chi connectivity index (χ1) is 14.9. The minimum absolute atomic E-state index is 0.664. The van der Waals surface area contributed by atoms with Crippen LogP contribution in [0, 0.1) is 5.92 Å². The molecule has 0 unspecified atom stereocenters. The van der Waals surface area contributed by atoms with Gasteiger partial charge in [-0.2, -0.15) is 0 Å². The number of piperidine rings is 1. The molecule has 0 amide bonds. The van der Waals surface area contributed by atoms with Gasteiger partial charge in [0.15, 0.2) is 0 Å². The van der Waals surface area contributed by atoms with Gasteiger partial charge in [0.05, 0.1) is 0 Å². The zero-order chi connectivity index (χ0) is 20.4. The van der Waals surface area contributed by atoms with Crippen LogP contribution in [0.4, 0.5) is 0 Å². The minimum Gasteiger partial charge on any atom is -0.303 e. The molecule has 0 bridgehead atoms. The smallest absolute Gasteiger partial charge is 0.121 e. The molecule has 155 valence electrons. The van der Waals surface area contributed by atoms with Crippen molar-refractivity contribution in [3.05, 3.63) is 96.6 Å². The molecule has 1 saturated heterocycles. The summed E-state index contributed by atoms with van der Waals surface area (Å²) in [7, 11) is -0.664. The highest BCUT2D eigenvalue weighted by Gasteiger charge is 2.20. The van der Waals surface area contributed by atoms with Crippen LogP contribution in [0.3, 0.4) is 0 Å². The molecule has 0 saturated carbocycles. The van der Waals surface area contributed by atoms with E-state index in [4.69, 9.17) is 0 Å². The topological polar surface area (TPSA) is 3.24 Å². The Hall–Kier alpha value is -2.16. The van der Waals surface area contributed by atoms with Gasteiger partial charge >= 0.3 is 0 Å². The number of nitrogens with zero attached hydrogens (tertiary/aromatic N) is 1. The van der Waals surface area contributed by atoms with Crippen molar-refractivity contribution in [3.8, 4) is 0 Å². The Kier molecular flexibility index (Phi) is 7.93. The number of rotatable bonds is 9. The van der Waals surface area contributed by atoms with Crippen molar-refractivity contribution in [1.29, 1.82) is 0 Å². The summed E-state index contributed by atoms with van der Waals surface area (Å²) in [6.45, 7) is 3.84. The summed E-state index contributed by atoms with van der Waals surface area (Å²) in [4.78, 5) is 2.71. The van der Waals surface area contributed by atoms with Crippen LogP contribution in [0.2, 0.25) is 6.04 Å². The van der Waals surface area contributed by atoms with E-state index < -0.39 is 8.80 Å². The lowest BCUT2D eigenvalue weighted by Gasteiger charge is -2.32. The van der Waals surface area contributed by atoms with Crippen LogP contribution >= 0.6 is 0 Å². The third-order valence-corrected chi connectivity index (χ3v) is 9.38. The molecule has 0 atom stereocenters. The summed E-state index contributed by atoms with van der Waals surface area (Å²) in [6.07, 6.45) is 6.64. The summed E-state index contributed by atoms with van der Waals surface area (Å²) >= 11 is 0. The first-order valence-corrected chi connectivity index (χ1v) is 13.3. The normalized spacial score (nSPS) is 15.5. The Labute approximate surface area is 184 Å². The quantitative estimate of drug-likeness (QED) is 0.352. The summed E-state index contributed by atoms with van der Waals surface area (Å²) < 4.78 is 0. The van der Waals surface area contributed by atoms with Crippen LogP contribution in [0.1, 0.15) is 31.2 Å². The summed E-state index contributed by atoms with van der Waals surface area (Å²) in [5, 5.41) is 3.10. The number of hydrogen-bond acceptors (Lipinski definition) is 1. The summed E-state index contributed by atoms with van der Waals surface area (Å²) in [5.74, 6) is 0.870. The Morgan fingerprint density at radius 2 is 1.20 bits per heavy atom. The van der Waals surface area contributed by atoms with Gasteiger partial charge in [0, 0.05) is 0 Å². The van der Waals surface area contributed by atoms with Gasteiger partial charge in [0.25, 0.3) is 0 Å². The highest BCUT2D eigenvalue weighted by molar-refractivity contribution is 6.85. The highest BCUT2D eigenvalue weighted by atomic mass is 28.3. The third kappa shape index (κ3) is 6.17. The molecule has 1 aliphatic heterocycles. The van der Waals surface area contributed by atoms with Crippen molar-refractivity contribution in [2.45, 2.75) is 38.1 Å². The Morgan fingerprint density at radius 1 is 0.667 bits per heavy atom. The maximum absolute atomic E-state index is 2.71. The zero-order valence-electron chi connectivity index (χ0n) is 18.0. The Balaban J connectivity index is 1.21. The molecule has 2 heteroatoms. The molecule has 4 rings (SSSR count). The van der Waals surface area contributed by atoms with Crippen molar-refractivity contribution < 1.29 is 0 Å². The maximum atomic E-state index is 2.71. The number of unbranched alkanes of at least 4 members (excludes halogenated alkanes) is 1. The molecule has 0 N–H and O–H groups in total. The van der Waals surface area contributed by atoms with Gasteiger partial charge in [-0.05, 0) is 56.8 Å². The molecule has 30 heavy (non-hydrogen) atoms. The fraction of sp³-hybridized carbons (Fsp3) is 0.357. The van der Waals surface area contributed by atoms with E-state index in [1.807, 2.05) is 0 Å². The first kappa shape index (κ1) is 21.1. The lowest BCUT2D eigenvalue weighted by Crippen LogP contribution is -2.42. The average Bonchev–Trinajstić information content (AvgIpc) is 2.82. The van der Waals surface area contributed by atoms with E-state index in [0.29, 0.717) is 0 Å². The molecule has 1 aliphatic rings. The van der Waals surface area contributed by atoms with Gasteiger partial charge in [-0.25, -0.2) is 0 Å². The van der Waals surface area contributed by atoms with Gasteiger partial charge in [0.1, 0.15) is 8.80 Å². The van der Waals surface area contributed by atoms with Crippen molar-refractivity contribution in [3.63, 3.8) is 0 Å². The highest BCUT2D eigenvalue weighted by Crippen LogP contribution is 2.22. The van der Waals surface area contributed by atoms with E-state index in [0.717, 1.165) is 5.92 Å². The summed E-state index contributed by atoms with van der Waals surface area (Å²) in [5.41, 5.74) is 1.51. The molecule has 1 fully saturated rings. The second kappa shape index (κ2) is 11.3. The Bertz CT molecular complexity index is 802. The molecule has 1 radical (unpaired) electrons. The number of likely N-dealkylation sites (tertiary alicyclic amines) is 1. The van der Waals surface area contributed by atoms with Crippen LogP contribution in [0.15, 0.2) is 91.0 Å². The van der Waals surface area contributed by atoms with Crippen molar-refractivity contribution in [1.82, 2.24) is 4.90 Å². The first-order valence-electron chi connectivity index (χ1n) is 11.6. The standard InChI is InChI=1S/C28H34NSi/c1-4-12-25(13-5-1)24-26-18-21-29(22-19-26)20-10-11-23-30(27-14-6-2-7-15-27)28-16-8-3-9-17-28/h1-9,12-17,26H,10-11,18-24H2.